The highest BCUT2D eigenvalue weighted by atomic mass is 79.9. The van der Waals surface area contributed by atoms with E-state index in [2.05, 4.69) is 26.2 Å². The van der Waals surface area contributed by atoms with Crippen LogP contribution in [0.3, 0.4) is 0 Å². The third kappa shape index (κ3) is 3.60. The second-order valence-corrected chi connectivity index (χ2v) is 5.71. The zero-order valence-corrected chi connectivity index (χ0v) is 12.4. The second-order valence-electron chi connectivity index (χ2n) is 4.07. The van der Waals surface area contributed by atoms with Crippen molar-refractivity contribution in [1.82, 2.24) is 10.3 Å². The van der Waals surface area contributed by atoms with Crippen LogP contribution in [-0.2, 0) is 6.42 Å². The number of nitrogens with zero attached hydrogens (tertiary/aromatic N) is 1. The fraction of sp³-hybridized carbons (Fsp3) is 0.308. The maximum atomic E-state index is 13.7. The SMILES string of the molecule is CC(NCCc1cscn1)c1ccc(Br)cc1F. The lowest BCUT2D eigenvalue weighted by molar-refractivity contribution is 0.529. The molecule has 0 bridgehead atoms. The minimum atomic E-state index is -0.182. The van der Waals surface area contributed by atoms with Gasteiger partial charge in [-0.1, -0.05) is 22.0 Å². The summed E-state index contributed by atoms with van der Waals surface area (Å²) >= 11 is 4.85. The van der Waals surface area contributed by atoms with Gasteiger partial charge < -0.3 is 5.32 Å². The van der Waals surface area contributed by atoms with E-state index in [9.17, 15) is 4.39 Å². The Balaban J connectivity index is 1.89. The molecule has 18 heavy (non-hydrogen) atoms. The van der Waals surface area contributed by atoms with E-state index >= 15 is 0 Å². The van der Waals surface area contributed by atoms with Crippen molar-refractivity contribution in [3.63, 3.8) is 0 Å². The van der Waals surface area contributed by atoms with Gasteiger partial charge in [-0.3, -0.25) is 0 Å². The van der Waals surface area contributed by atoms with E-state index < -0.39 is 0 Å². The highest BCUT2D eigenvalue weighted by Gasteiger charge is 2.10. The van der Waals surface area contributed by atoms with Gasteiger partial charge >= 0.3 is 0 Å². The van der Waals surface area contributed by atoms with Crippen LogP contribution >= 0.6 is 27.3 Å². The van der Waals surface area contributed by atoms with Crippen LogP contribution in [0.15, 0.2) is 33.6 Å². The molecule has 96 valence electrons. The maximum absolute atomic E-state index is 13.7. The molecule has 1 heterocycles. The van der Waals surface area contributed by atoms with Gasteiger partial charge in [-0.05, 0) is 19.1 Å². The summed E-state index contributed by atoms with van der Waals surface area (Å²) in [6, 6.07) is 5.15. The minimum Gasteiger partial charge on any atom is -0.310 e. The minimum absolute atomic E-state index is 0.00302. The van der Waals surface area contributed by atoms with Gasteiger partial charge in [-0.15, -0.1) is 11.3 Å². The fourth-order valence-electron chi connectivity index (χ4n) is 1.74. The number of halogens is 2. The van der Waals surface area contributed by atoms with Gasteiger partial charge in [0.2, 0.25) is 0 Å². The van der Waals surface area contributed by atoms with E-state index in [0.29, 0.717) is 5.56 Å². The first-order valence-corrected chi connectivity index (χ1v) is 7.46. The van der Waals surface area contributed by atoms with E-state index in [0.717, 1.165) is 23.1 Å². The van der Waals surface area contributed by atoms with Crippen molar-refractivity contribution in [2.24, 2.45) is 0 Å². The predicted octanol–water partition coefficient (Wildman–Crippen LogP) is 3.94. The van der Waals surface area contributed by atoms with Gasteiger partial charge in [-0.2, -0.15) is 0 Å². The Hall–Kier alpha value is -0.780. The van der Waals surface area contributed by atoms with E-state index in [-0.39, 0.29) is 11.9 Å². The third-order valence-electron chi connectivity index (χ3n) is 2.74. The average molecular weight is 329 g/mol. The van der Waals surface area contributed by atoms with Crippen molar-refractivity contribution in [3.8, 4) is 0 Å². The number of hydrogen-bond acceptors (Lipinski definition) is 3. The quantitative estimate of drug-likeness (QED) is 0.899. The largest absolute Gasteiger partial charge is 0.310 e. The van der Waals surface area contributed by atoms with Gasteiger partial charge in [0, 0.05) is 34.4 Å². The molecule has 1 unspecified atom stereocenters. The van der Waals surface area contributed by atoms with Crippen LogP contribution in [-0.4, -0.2) is 11.5 Å². The Labute approximate surface area is 118 Å². The number of hydrogen-bond donors (Lipinski definition) is 1. The smallest absolute Gasteiger partial charge is 0.129 e. The third-order valence-corrected chi connectivity index (χ3v) is 3.87. The zero-order chi connectivity index (χ0) is 13.0. The molecule has 2 nitrogen and oxygen atoms in total. The van der Waals surface area contributed by atoms with Crippen LogP contribution in [0.4, 0.5) is 4.39 Å². The first-order chi connectivity index (χ1) is 8.66. The van der Waals surface area contributed by atoms with E-state index in [1.165, 1.54) is 6.07 Å². The van der Waals surface area contributed by atoms with Crippen LogP contribution in [0.2, 0.25) is 0 Å². The fourth-order valence-corrected chi connectivity index (χ4v) is 2.67. The topological polar surface area (TPSA) is 24.9 Å². The number of nitrogens with one attached hydrogen (secondary N) is 1. The molecule has 2 aromatic rings. The van der Waals surface area contributed by atoms with Crippen molar-refractivity contribution in [3.05, 3.63) is 50.6 Å². The Morgan fingerprint density at radius 3 is 3.00 bits per heavy atom. The van der Waals surface area contributed by atoms with Crippen molar-refractivity contribution >= 4 is 27.3 Å². The Kier molecular flexibility index (Phi) is 4.86. The molecule has 0 spiro atoms. The molecule has 0 amide bonds. The van der Waals surface area contributed by atoms with Crippen LogP contribution in [0.1, 0.15) is 24.2 Å². The summed E-state index contributed by atoms with van der Waals surface area (Å²) in [7, 11) is 0. The van der Waals surface area contributed by atoms with Crippen LogP contribution in [0.5, 0.6) is 0 Å². The molecule has 0 saturated carbocycles. The average Bonchev–Trinajstić information content (AvgIpc) is 2.81. The summed E-state index contributed by atoms with van der Waals surface area (Å²) in [5.74, 6) is -0.182. The molecular weight excluding hydrogens is 315 g/mol. The van der Waals surface area contributed by atoms with Crippen LogP contribution in [0.25, 0.3) is 0 Å². The Bertz CT molecular complexity index is 502. The zero-order valence-electron chi connectivity index (χ0n) is 9.99. The first-order valence-electron chi connectivity index (χ1n) is 5.72. The number of benzene rings is 1. The molecule has 2 rings (SSSR count). The highest BCUT2D eigenvalue weighted by Crippen LogP contribution is 2.20. The lowest BCUT2D eigenvalue weighted by Gasteiger charge is -2.14. The summed E-state index contributed by atoms with van der Waals surface area (Å²) in [6.07, 6.45) is 0.867. The summed E-state index contributed by atoms with van der Waals surface area (Å²) in [4.78, 5) is 4.21. The Morgan fingerprint density at radius 2 is 2.33 bits per heavy atom. The summed E-state index contributed by atoms with van der Waals surface area (Å²) in [5, 5.41) is 5.34. The molecule has 1 aromatic carbocycles. The molecule has 1 aromatic heterocycles. The number of thiazole rings is 1. The maximum Gasteiger partial charge on any atom is 0.129 e. The summed E-state index contributed by atoms with van der Waals surface area (Å²) < 4.78 is 14.5. The number of rotatable bonds is 5. The van der Waals surface area contributed by atoms with E-state index in [1.54, 1.807) is 17.4 Å². The van der Waals surface area contributed by atoms with E-state index in [4.69, 9.17) is 0 Å². The molecule has 0 saturated heterocycles. The van der Waals surface area contributed by atoms with Gasteiger partial charge in [0.15, 0.2) is 0 Å². The molecule has 5 heteroatoms. The molecule has 0 aliphatic carbocycles. The molecule has 0 fully saturated rings. The second kappa shape index (κ2) is 6.41. The number of aromatic nitrogens is 1. The lowest BCUT2D eigenvalue weighted by atomic mass is 10.1. The van der Waals surface area contributed by atoms with Gasteiger partial charge in [0.25, 0.3) is 0 Å². The van der Waals surface area contributed by atoms with Crippen molar-refractivity contribution < 1.29 is 4.39 Å². The standard InChI is InChI=1S/C13H14BrFN2S/c1-9(12-3-2-10(14)6-13(12)15)16-5-4-11-7-18-8-17-11/h2-3,6-9,16H,4-5H2,1H3. The first kappa shape index (κ1) is 13.6. The van der Waals surface area contributed by atoms with Gasteiger partial charge in [0.05, 0.1) is 11.2 Å². The summed E-state index contributed by atoms with van der Waals surface area (Å²) in [6.45, 7) is 2.76. The molecule has 0 aliphatic rings. The van der Waals surface area contributed by atoms with Crippen molar-refractivity contribution in [1.29, 1.82) is 0 Å². The van der Waals surface area contributed by atoms with Crippen LogP contribution < -0.4 is 5.32 Å². The van der Waals surface area contributed by atoms with Crippen molar-refractivity contribution in [2.75, 3.05) is 6.54 Å². The van der Waals surface area contributed by atoms with E-state index in [1.807, 2.05) is 23.9 Å². The highest BCUT2D eigenvalue weighted by molar-refractivity contribution is 9.10. The molecular formula is C13H14BrFN2S. The van der Waals surface area contributed by atoms with Gasteiger partial charge in [-0.25, -0.2) is 9.37 Å². The molecule has 1 N–H and O–H groups in total. The molecule has 0 radical (unpaired) electrons. The summed E-state index contributed by atoms with van der Waals surface area (Å²) in [5.41, 5.74) is 3.60. The Morgan fingerprint density at radius 1 is 1.50 bits per heavy atom. The molecule has 0 aliphatic heterocycles. The van der Waals surface area contributed by atoms with Crippen molar-refractivity contribution in [2.45, 2.75) is 19.4 Å². The van der Waals surface area contributed by atoms with Gasteiger partial charge in [0.1, 0.15) is 5.82 Å². The molecule has 1 atom stereocenters. The monoisotopic (exact) mass is 328 g/mol. The van der Waals surface area contributed by atoms with Crippen LogP contribution in [0, 0.1) is 5.82 Å². The lowest BCUT2D eigenvalue weighted by Crippen LogP contribution is -2.22. The predicted molar refractivity (Wildman–Crippen MR) is 76.3 cm³/mol. The normalized spacial score (nSPS) is 12.6.